The molecule has 2 heteroatoms. The maximum absolute atomic E-state index is 11.5. The molecular weight excluding hydrogens is 115 g/mol. The topological polar surface area (TPSA) is 0 Å². The first-order valence-corrected chi connectivity index (χ1v) is 2.66. The Labute approximate surface area is 48.0 Å². The van der Waals surface area contributed by atoms with Crippen molar-refractivity contribution < 1.29 is 4.39 Å². The van der Waals surface area contributed by atoms with Crippen molar-refractivity contribution in [3.63, 3.8) is 0 Å². The number of hydrogen-bond donors (Lipinski definition) is 0. The summed E-state index contributed by atoms with van der Waals surface area (Å²) in [4.78, 5) is 0. The molecule has 0 nitrogen and oxygen atoms in total. The highest BCUT2D eigenvalue weighted by atomic mass is 35.5. The highest BCUT2D eigenvalue weighted by Gasteiger charge is 1.80. The van der Waals surface area contributed by atoms with E-state index < -0.39 is 5.29 Å². The highest BCUT2D eigenvalue weighted by Crippen LogP contribution is 2.03. The van der Waals surface area contributed by atoms with Gasteiger partial charge in [0.15, 0.2) is 5.29 Å². The molecule has 0 fully saturated rings. The van der Waals surface area contributed by atoms with Crippen molar-refractivity contribution in [2.75, 3.05) is 0 Å². The molecule has 7 heavy (non-hydrogen) atoms. The third kappa shape index (κ3) is 5.96. The van der Waals surface area contributed by atoms with Crippen molar-refractivity contribution in [2.24, 2.45) is 0 Å². The number of halogens is 2. The molecule has 0 amide bonds. The Bertz CT molecular complexity index is 64.5. The number of rotatable bonds is 2. The molecule has 0 spiro atoms. The first-order chi connectivity index (χ1) is 3.27. The van der Waals surface area contributed by atoms with Gasteiger partial charge in [0, 0.05) is 0 Å². The lowest BCUT2D eigenvalue weighted by molar-refractivity contribution is 0.685. The zero-order chi connectivity index (χ0) is 5.70. The summed E-state index contributed by atoms with van der Waals surface area (Å²) in [5.74, 6) is 0. The van der Waals surface area contributed by atoms with Gasteiger partial charge in [-0.05, 0) is 12.5 Å². The van der Waals surface area contributed by atoms with Crippen LogP contribution >= 0.6 is 11.6 Å². The van der Waals surface area contributed by atoms with Gasteiger partial charge in [-0.2, -0.15) is 4.39 Å². The SMILES string of the molecule is CCC/C=C(\F)Cl. The van der Waals surface area contributed by atoms with Crippen molar-refractivity contribution in [3.05, 3.63) is 11.4 Å². The van der Waals surface area contributed by atoms with Gasteiger partial charge in [-0.25, -0.2) is 0 Å². The van der Waals surface area contributed by atoms with Gasteiger partial charge in [-0.3, -0.25) is 0 Å². The standard InChI is InChI=1S/C5H8ClF/c1-2-3-4-5(6)7/h4H,2-3H2,1H3/b5-4-. The summed E-state index contributed by atoms with van der Waals surface area (Å²) in [7, 11) is 0. The van der Waals surface area contributed by atoms with E-state index in [4.69, 9.17) is 11.6 Å². The minimum atomic E-state index is -0.596. The predicted molar refractivity (Wildman–Crippen MR) is 30.0 cm³/mol. The maximum atomic E-state index is 11.5. The van der Waals surface area contributed by atoms with E-state index in [0.717, 1.165) is 12.8 Å². The predicted octanol–water partition coefficient (Wildman–Crippen LogP) is 2.84. The summed E-state index contributed by atoms with van der Waals surface area (Å²) in [6.45, 7) is 1.97. The minimum Gasteiger partial charge on any atom is -0.194 e. The molecule has 0 aromatic rings. The Morgan fingerprint density at radius 1 is 1.86 bits per heavy atom. The molecule has 0 aliphatic carbocycles. The molecule has 0 aromatic heterocycles. The van der Waals surface area contributed by atoms with Gasteiger partial charge in [0.1, 0.15) is 0 Å². The van der Waals surface area contributed by atoms with E-state index in [1.807, 2.05) is 6.92 Å². The van der Waals surface area contributed by atoms with Gasteiger partial charge in [0.25, 0.3) is 0 Å². The Balaban J connectivity index is 3.08. The van der Waals surface area contributed by atoms with Gasteiger partial charge in [-0.1, -0.05) is 24.9 Å². The van der Waals surface area contributed by atoms with E-state index >= 15 is 0 Å². The van der Waals surface area contributed by atoms with Crippen molar-refractivity contribution in [1.29, 1.82) is 0 Å². The summed E-state index contributed by atoms with van der Waals surface area (Å²) in [6, 6.07) is 0. The van der Waals surface area contributed by atoms with Crippen LogP contribution in [-0.2, 0) is 0 Å². The van der Waals surface area contributed by atoms with Gasteiger partial charge < -0.3 is 0 Å². The molecular formula is C5H8ClF. The van der Waals surface area contributed by atoms with Crippen LogP contribution in [0.25, 0.3) is 0 Å². The van der Waals surface area contributed by atoms with Crippen LogP contribution in [0.3, 0.4) is 0 Å². The summed E-state index contributed by atoms with van der Waals surface area (Å²) < 4.78 is 11.5. The van der Waals surface area contributed by atoms with Crippen LogP contribution in [0.15, 0.2) is 11.4 Å². The fraction of sp³-hybridized carbons (Fsp3) is 0.600. The summed E-state index contributed by atoms with van der Waals surface area (Å²) in [5, 5.41) is -0.596. The Morgan fingerprint density at radius 2 is 2.43 bits per heavy atom. The summed E-state index contributed by atoms with van der Waals surface area (Å²) in [5.41, 5.74) is 0. The third-order valence-corrected chi connectivity index (χ3v) is 0.742. The molecule has 0 saturated carbocycles. The van der Waals surface area contributed by atoms with Crippen molar-refractivity contribution in [3.8, 4) is 0 Å². The normalized spacial score (nSPS) is 12.1. The molecule has 0 rings (SSSR count). The zero-order valence-electron chi connectivity index (χ0n) is 4.25. The lowest BCUT2D eigenvalue weighted by atomic mass is 10.3. The lowest BCUT2D eigenvalue weighted by Gasteiger charge is -1.79. The Morgan fingerprint density at radius 3 is 2.57 bits per heavy atom. The van der Waals surface area contributed by atoms with E-state index in [9.17, 15) is 4.39 Å². The average Bonchev–Trinajstić information content (AvgIpc) is 1.61. The van der Waals surface area contributed by atoms with Gasteiger partial charge in [-0.15, -0.1) is 0 Å². The molecule has 0 unspecified atom stereocenters. The van der Waals surface area contributed by atoms with E-state index in [-0.39, 0.29) is 0 Å². The molecule has 0 bridgehead atoms. The second-order valence-electron chi connectivity index (χ2n) is 1.28. The van der Waals surface area contributed by atoms with Crippen LogP contribution in [0.5, 0.6) is 0 Å². The molecule has 0 aromatic carbocycles. The smallest absolute Gasteiger partial charge is 0.185 e. The monoisotopic (exact) mass is 122 g/mol. The van der Waals surface area contributed by atoms with Crippen LogP contribution in [-0.4, -0.2) is 0 Å². The summed E-state index contributed by atoms with van der Waals surface area (Å²) in [6.07, 6.45) is 3.04. The van der Waals surface area contributed by atoms with E-state index in [2.05, 4.69) is 0 Å². The van der Waals surface area contributed by atoms with Crippen LogP contribution < -0.4 is 0 Å². The van der Waals surface area contributed by atoms with Gasteiger partial charge in [0.2, 0.25) is 0 Å². The summed E-state index contributed by atoms with van der Waals surface area (Å²) >= 11 is 4.85. The molecule has 0 saturated heterocycles. The third-order valence-electron chi connectivity index (χ3n) is 0.587. The fourth-order valence-corrected chi connectivity index (χ4v) is 0.363. The molecule has 0 aliphatic rings. The van der Waals surface area contributed by atoms with Crippen LogP contribution in [0.4, 0.5) is 4.39 Å². The van der Waals surface area contributed by atoms with E-state index in [1.165, 1.54) is 6.08 Å². The van der Waals surface area contributed by atoms with Crippen molar-refractivity contribution >= 4 is 11.6 Å². The number of allylic oxidation sites excluding steroid dienone is 1. The molecule has 0 heterocycles. The van der Waals surface area contributed by atoms with Crippen LogP contribution in [0, 0.1) is 0 Å². The first kappa shape index (κ1) is 6.96. The number of hydrogen-bond acceptors (Lipinski definition) is 0. The first-order valence-electron chi connectivity index (χ1n) is 2.28. The van der Waals surface area contributed by atoms with Crippen LogP contribution in [0.1, 0.15) is 19.8 Å². The Kier molecular flexibility index (Phi) is 4.10. The largest absolute Gasteiger partial charge is 0.194 e. The fourth-order valence-electron chi connectivity index (χ4n) is 0.253. The van der Waals surface area contributed by atoms with Gasteiger partial charge >= 0.3 is 0 Å². The second kappa shape index (κ2) is 4.13. The highest BCUT2D eigenvalue weighted by molar-refractivity contribution is 6.28. The molecule has 0 N–H and O–H groups in total. The quantitative estimate of drug-likeness (QED) is 0.528. The van der Waals surface area contributed by atoms with E-state index in [0.29, 0.717) is 0 Å². The lowest BCUT2D eigenvalue weighted by Crippen LogP contribution is -1.59. The molecule has 0 radical (unpaired) electrons. The molecule has 0 atom stereocenters. The van der Waals surface area contributed by atoms with Gasteiger partial charge in [0.05, 0.1) is 0 Å². The molecule has 42 valence electrons. The van der Waals surface area contributed by atoms with E-state index in [1.54, 1.807) is 0 Å². The van der Waals surface area contributed by atoms with Crippen molar-refractivity contribution in [1.82, 2.24) is 0 Å². The second-order valence-corrected chi connectivity index (χ2v) is 1.64. The molecule has 0 aliphatic heterocycles. The Hall–Kier alpha value is -0.0400. The van der Waals surface area contributed by atoms with Crippen LogP contribution in [0.2, 0.25) is 0 Å². The average molecular weight is 123 g/mol. The zero-order valence-corrected chi connectivity index (χ0v) is 5.00. The number of unbranched alkanes of at least 4 members (excludes halogenated alkanes) is 1. The van der Waals surface area contributed by atoms with Crippen molar-refractivity contribution in [2.45, 2.75) is 19.8 Å². The maximum Gasteiger partial charge on any atom is 0.185 e. The minimum absolute atomic E-state index is 0.596.